The fourth-order valence-electron chi connectivity index (χ4n) is 2.71. The van der Waals surface area contributed by atoms with Crippen LogP contribution in [0.1, 0.15) is 43.6 Å². The van der Waals surface area contributed by atoms with Gasteiger partial charge in [0, 0.05) is 0 Å². The van der Waals surface area contributed by atoms with Crippen molar-refractivity contribution in [2.24, 2.45) is 0 Å². The van der Waals surface area contributed by atoms with E-state index < -0.39 is 0 Å². The summed E-state index contributed by atoms with van der Waals surface area (Å²) in [6.07, 6.45) is 7.11. The Morgan fingerprint density at radius 2 is 1.88 bits per heavy atom. The average molecular weight is 232 g/mol. The molecule has 2 nitrogen and oxygen atoms in total. The summed E-state index contributed by atoms with van der Waals surface area (Å²) in [4.78, 5) is 0. The predicted octanol–water partition coefficient (Wildman–Crippen LogP) is 3.51. The highest BCUT2D eigenvalue weighted by Crippen LogP contribution is 2.37. The molecule has 2 heteroatoms. The molecule has 1 aromatic rings. The van der Waals surface area contributed by atoms with Gasteiger partial charge in [-0.1, -0.05) is 37.5 Å². The van der Waals surface area contributed by atoms with E-state index in [0.29, 0.717) is 18.6 Å². The molecule has 1 atom stereocenters. The average Bonchev–Trinajstić information content (AvgIpc) is 3.22. The zero-order chi connectivity index (χ0) is 11.5. The van der Waals surface area contributed by atoms with Gasteiger partial charge >= 0.3 is 0 Å². The molecule has 1 heterocycles. The van der Waals surface area contributed by atoms with E-state index in [1.165, 1.54) is 37.7 Å². The van der Waals surface area contributed by atoms with Gasteiger partial charge in [0.1, 0.15) is 18.5 Å². The number of hydrogen-bond acceptors (Lipinski definition) is 2. The van der Waals surface area contributed by atoms with Gasteiger partial charge in [0.25, 0.3) is 0 Å². The Balaban J connectivity index is 1.71. The number of benzene rings is 1. The van der Waals surface area contributed by atoms with E-state index in [9.17, 15) is 0 Å². The maximum Gasteiger partial charge on any atom is 0.122 e. The molecule has 1 unspecified atom stereocenters. The summed E-state index contributed by atoms with van der Waals surface area (Å²) in [5, 5.41) is 0. The van der Waals surface area contributed by atoms with Crippen molar-refractivity contribution in [1.82, 2.24) is 0 Å². The molecule has 1 saturated heterocycles. The Bertz CT molecular complexity index is 365. The standard InChI is InChI=1S/C15H20O2/c1-2-6-12(7-3-1)14-8-4-5-9-15(14)17-11-13-10-16-13/h4-5,8-9,12-13H,1-3,6-7,10-11H2. The van der Waals surface area contributed by atoms with Crippen LogP contribution in [0.15, 0.2) is 24.3 Å². The van der Waals surface area contributed by atoms with Crippen molar-refractivity contribution in [2.75, 3.05) is 13.2 Å². The van der Waals surface area contributed by atoms with Crippen molar-refractivity contribution in [1.29, 1.82) is 0 Å². The summed E-state index contributed by atoms with van der Waals surface area (Å²) >= 11 is 0. The lowest BCUT2D eigenvalue weighted by Gasteiger charge is -2.24. The van der Waals surface area contributed by atoms with Crippen LogP contribution >= 0.6 is 0 Å². The Labute approximate surface area is 103 Å². The highest BCUT2D eigenvalue weighted by Gasteiger charge is 2.24. The first kappa shape index (κ1) is 11.1. The van der Waals surface area contributed by atoms with E-state index in [0.717, 1.165) is 12.4 Å². The van der Waals surface area contributed by atoms with Crippen LogP contribution in [0.3, 0.4) is 0 Å². The van der Waals surface area contributed by atoms with Gasteiger partial charge in [-0.05, 0) is 30.4 Å². The van der Waals surface area contributed by atoms with E-state index in [4.69, 9.17) is 9.47 Å². The van der Waals surface area contributed by atoms with E-state index >= 15 is 0 Å². The number of hydrogen-bond donors (Lipinski definition) is 0. The molecule has 1 aliphatic carbocycles. The minimum atomic E-state index is 0.342. The normalized spacial score (nSPS) is 24.6. The van der Waals surface area contributed by atoms with Gasteiger partial charge in [-0.15, -0.1) is 0 Å². The number of para-hydroxylation sites is 1. The second kappa shape index (κ2) is 5.09. The first-order valence-corrected chi connectivity index (χ1v) is 6.77. The van der Waals surface area contributed by atoms with E-state index in [1.54, 1.807) is 0 Å². The molecule has 1 aromatic carbocycles. The van der Waals surface area contributed by atoms with Gasteiger partial charge < -0.3 is 9.47 Å². The maximum absolute atomic E-state index is 5.89. The fraction of sp³-hybridized carbons (Fsp3) is 0.600. The molecule has 0 bridgehead atoms. The lowest BCUT2D eigenvalue weighted by Crippen LogP contribution is -2.10. The minimum Gasteiger partial charge on any atom is -0.490 e. The van der Waals surface area contributed by atoms with Crippen LogP contribution in [0, 0.1) is 0 Å². The van der Waals surface area contributed by atoms with Crippen molar-refractivity contribution in [2.45, 2.75) is 44.1 Å². The van der Waals surface area contributed by atoms with Crippen molar-refractivity contribution < 1.29 is 9.47 Å². The Morgan fingerprint density at radius 3 is 2.65 bits per heavy atom. The number of rotatable bonds is 4. The van der Waals surface area contributed by atoms with Crippen LogP contribution in [0.25, 0.3) is 0 Å². The quantitative estimate of drug-likeness (QED) is 0.741. The smallest absolute Gasteiger partial charge is 0.122 e. The van der Waals surface area contributed by atoms with Gasteiger partial charge in [-0.2, -0.15) is 0 Å². The summed E-state index contributed by atoms with van der Waals surface area (Å²) in [5.41, 5.74) is 1.41. The van der Waals surface area contributed by atoms with Crippen molar-refractivity contribution in [3.63, 3.8) is 0 Å². The van der Waals surface area contributed by atoms with Crippen LogP contribution in [0.2, 0.25) is 0 Å². The molecular formula is C15H20O2. The molecule has 0 amide bonds. The maximum atomic E-state index is 5.89. The summed E-state index contributed by atoms with van der Waals surface area (Å²) < 4.78 is 11.1. The second-order valence-corrected chi connectivity index (χ2v) is 5.14. The molecule has 0 spiro atoms. The zero-order valence-electron chi connectivity index (χ0n) is 10.2. The molecule has 2 fully saturated rings. The number of epoxide rings is 1. The van der Waals surface area contributed by atoms with Gasteiger partial charge in [0.15, 0.2) is 0 Å². The second-order valence-electron chi connectivity index (χ2n) is 5.14. The van der Waals surface area contributed by atoms with E-state index in [2.05, 4.69) is 24.3 Å². The summed E-state index contributed by atoms with van der Waals surface area (Å²) in [7, 11) is 0. The molecule has 92 valence electrons. The zero-order valence-corrected chi connectivity index (χ0v) is 10.2. The highest BCUT2D eigenvalue weighted by atomic mass is 16.6. The highest BCUT2D eigenvalue weighted by molar-refractivity contribution is 5.36. The molecule has 0 aromatic heterocycles. The fourth-order valence-corrected chi connectivity index (χ4v) is 2.71. The molecular weight excluding hydrogens is 212 g/mol. The molecule has 3 rings (SSSR count). The molecule has 0 radical (unpaired) electrons. The largest absolute Gasteiger partial charge is 0.490 e. The molecule has 0 N–H and O–H groups in total. The third-order valence-electron chi connectivity index (χ3n) is 3.79. The minimum absolute atomic E-state index is 0.342. The summed E-state index contributed by atoms with van der Waals surface area (Å²) in [6, 6.07) is 8.53. The SMILES string of the molecule is c1ccc(C2CCCCC2)c(OCC2CO2)c1. The molecule has 17 heavy (non-hydrogen) atoms. The predicted molar refractivity (Wildman–Crippen MR) is 67.5 cm³/mol. The Morgan fingerprint density at radius 1 is 1.12 bits per heavy atom. The van der Waals surface area contributed by atoms with Crippen molar-refractivity contribution in [3.05, 3.63) is 29.8 Å². The van der Waals surface area contributed by atoms with E-state index in [-0.39, 0.29) is 0 Å². The third kappa shape index (κ3) is 2.81. The summed E-state index contributed by atoms with van der Waals surface area (Å²) in [5.74, 6) is 1.79. The topological polar surface area (TPSA) is 21.8 Å². The Kier molecular flexibility index (Phi) is 3.32. The lowest BCUT2D eigenvalue weighted by molar-refractivity contribution is 0.258. The van der Waals surface area contributed by atoms with Gasteiger partial charge in [0.2, 0.25) is 0 Å². The van der Waals surface area contributed by atoms with Crippen LogP contribution in [-0.2, 0) is 4.74 Å². The molecule has 1 saturated carbocycles. The first-order valence-electron chi connectivity index (χ1n) is 6.77. The monoisotopic (exact) mass is 232 g/mol. The van der Waals surface area contributed by atoms with Gasteiger partial charge in [-0.3, -0.25) is 0 Å². The number of ether oxygens (including phenoxy) is 2. The third-order valence-corrected chi connectivity index (χ3v) is 3.79. The Hall–Kier alpha value is -1.02. The van der Waals surface area contributed by atoms with E-state index in [1.807, 2.05) is 0 Å². The van der Waals surface area contributed by atoms with Gasteiger partial charge in [0.05, 0.1) is 6.61 Å². The van der Waals surface area contributed by atoms with Gasteiger partial charge in [-0.25, -0.2) is 0 Å². The summed E-state index contributed by atoms with van der Waals surface area (Å²) in [6.45, 7) is 1.58. The van der Waals surface area contributed by atoms with Crippen molar-refractivity contribution >= 4 is 0 Å². The van der Waals surface area contributed by atoms with Crippen LogP contribution < -0.4 is 4.74 Å². The van der Waals surface area contributed by atoms with Crippen LogP contribution in [-0.4, -0.2) is 19.3 Å². The first-order chi connectivity index (χ1) is 8.43. The lowest BCUT2D eigenvalue weighted by atomic mass is 9.84. The molecule has 2 aliphatic rings. The van der Waals surface area contributed by atoms with Crippen LogP contribution in [0.5, 0.6) is 5.75 Å². The van der Waals surface area contributed by atoms with Crippen molar-refractivity contribution in [3.8, 4) is 5.75 Å². The van der Waals surface area contributed by atoms with Crippen LogP contribution in [0.4, 0.5) is 0 Å². The molecule has 1 aliphatic heterocycles.